The average Bonchev–Trinajstić information content (AvgIpc) is 2.73. The fourth-order valence-electron chi connectivity index (χ4n) is 2.95. The molecule has 20 heavy (non-hydrogen) atoms. The maximum absolute atomic E-state index is 12.6. The van der Waals surface area contributed by atoms with Gasteiger partial charge in [0.05, 0.1) is 11.6 Å². The minimum absolute atomic E-state index is 0.185. The highest BCUT2D eigenvalue weighted by Gasteiger charge is 2.51. The molecule has 2 rings (SSSR count). The molecule has 0 bridgehead atoms. The van der Waals surface area contributed by atoms with Crippen LogP contribution >= 0.6 is 0 Å². The molecule has 0 aliphatic heterocycles. The number of aromatic nitrogens is 1. The summed E-state index contributed by atoms with van der Waals surface area (Å²) in [5.74, 6) is -2.23. The fraction of sp³-hybridized carbons (Fsp3) is 0.600. The van der Waals surface area contributed by atoms with Crippen LogP contribution in [-0.4, -0.2) is 22.5 Å². The van der Waals surface area contributed by atoms with E-state index in [1.54, 1.807) is 19.9 Å². The maximum Gasteiger partial charge on any atom is 0.162 e. The molecule has 0 N–H and O–H groups in total. The molecule has 1 fully saturated rings. The lowest BCUT2D eigenvalue weighted by atomic mass is 9.62. The lowest BCUT2D eigenvalue weighted by molar-refractivity contribution is -0.147. The minimum Gasteiger partial charge on any atom is -0.360 e. The summed E-state index contributed by atoms with van der Waals surface area (Å²) in [6.45, 7) is 7.12. The summed E-state index contributed by atoms with van der Waals surface area (Å²) in [4.78, 5) is 36.6. The second kappa shape index (κ2) is 4.96. The Balaban J connectivity index is 2.45. The molecular formula is C15H19NO4. The molecule has 0 unspecified atom stereocenters. The third kappa shape index (κ3) is 2.32. The van der Waals surface area contributed by atoms with E-state index < -0.39 is 17.3 Å². The molecule has 108 valence electrons. The molecule has 0 saturated heterocycles. The van der Waals surface area contributed by atoms with Crippen molar-refractivity contribution < 1.29 is 18.9 Å². The molecular weight excluding hydrogens is 258 g/mol. The van der Waals surface area contributed by atoms with E-state index in [0.717, 1.165) is 0 Å². The molecule has 0 aromatic carbocycles. The van der Waals surface area contributed by atoms with E-state index in [4.69, 9.17) is 4.52 Å². The first kappa shape index (κ1) is 14.6. The Hall–Kier alpha value is -1.78. The number of hydrogen-bond acceptors (Lipinski definition) is 5. The van der Waals surface area contributed by atoms with E-state index in [1.165, 1.54) is 0 Å². The van der Waals surface area contributed by atoms with Gasteiger partial charge in [0.25, 0.3) is 0 Å². The van der Waals surface area contributed by atoms with Gasteiger partial charge in [-0.15, -0.1) is 0 Å². The van der Waals surface area contributed by atoms with Gasteiger partial charge in [0, 0.05) is 18.9 Å². The van der Waals surface area contributed by atoms with E-state index in [2.05, 4.69) is 5.16 Å². The van der Waals surface area contributed by atoms with E-state index in [0.29, 0.717) is 11.5 Å². The molecule has 1 aliphatic rings. The van der Waals surface area contributed by atoms with Crippen LogP contribution in [0.2, 0.25) is 0 Å². The molecule has 1 aromatic heterocycles. The SMILES string of the molecule is CCC(=O)[C@H]1C(=O)CC(C)(C)[C@@H](c2cc(C)no2)C1=O. The van der Waals surface area contributed by atoms with Crippen molar-refractivity contribution in [1.82, 2.24) is 5.16 Å². The van der Waals surface area contributed by atoms with Crippen LogP contribution in [0.1, 0.15) is 51.0 Å². The predicted molar refractivity (Wildman–Crippen MR) is 71.2 cm³/mol. The summed E-state index contributed by atoms with van der Waals surface area (Å²) in [5, 5.41) is 3.80. The Kier molecular flexibility index (Phi) is 3.63. The van der Waals surface area contributed by atoms with Crippen molar-refractivity contribution in [2.75, 3.05) is 0 Å². The smallest absolute Gasteiger partial charge is 0.162 e. The number of aryl methyl sites for hydroxylation is 1. The van der Waals surface area contributed by atoms with Gasteiger partial charge in [0.2, 0.25) is 0 Å². The highest BCUT2D eigenvalue weighted by molar-refractivity contribution is 6.22. The van der Waals surface area contributed by atoms with Gasteiger partial charge in [-0.05, 0) is 12.3 Å². The van der Waals surface area contributed by atoms with E-state index in [-0.39, 0.29) is 30.2 Å². The molecule has 0 amide bonds. The zero-order valence-corrected chi connectivity index (χ0v) is 12.2. The summed E-state index contributed by atoms with van der Waals surface area (Å²) in [6, 6.07) is 1.70. The minimum atomic E-state index is -1.14. The lowest BCUT2D eigenvalue weighted by Crippen LogP contribution is -2.47. The molecule has 1 heterocycles. The van der Waals surface area contributed by atoms with Crippen LogP contribution in [0.25, 0.3) is 0 Å². The summed E-state index contributed by atoms with van der Waals surface area (Å²) in [7, 11) is 0. The van der Waals surface area contributed by atoms with Crippen molar-refractivity contribution in [2.24, 2.45) is 11.3 Å². The van der Waals surface area contributed by atoms with Crippen LogP contribution in [0, 0.1) is 18.3 Å². The topological polar surface area (TPSA) is 77.2 Å². The second-order valence-corrected chi connectivity index (χ2v) is 6.09. The number of carbonyl (C=O) groups is 3. The summed E-state index contributed by atoms with van der Waals surface area (Å²) in [6.07, 6.45) is 0.379. The number of carbonyl (C=O) groups excluding carboxylic acids is 3. The van der Waals surface area contributed by atoms with E-state index in [1.807, 2.05) is 13.8 Å². The van der Waals surface area contributed by atoms with E-state index >= 15 is 0 Å². The Morgan fingerprint density at radius 1 is 1.45 bits per heavy atom. The van der Waals surface area contributed by atoms with Gasteiger partial charge in [-0.3, -0.25) is 14.4 Å². The third-order valence-corrected chi connectivity index (χ3v) is 3.90. The van der Waals surface area contributed by atoms with Gasteiger partial charge < -0.3 is 4.52 Å². The Morgan fingerprint density at radius 3 is 2.60 bits per heavy atom. The standard InChI is InChI=1S/C15H19NO4/c1-5-9(17)12-10(18)7-15(3,4)13(14(12)19)11-6-8(2)16-20-11/h6,12-13H,5,7H2,1-4H3/t12-,13-/m0/s1. The molecule has 5 nitrogen and oxygen atoms in total. The number of ketones is 3. The molecule has 1 aromatic rings. The number of nitrogens with zero attached hydrogens (tertiary/aromatic N) is 1. The highest BCUT2D eigenvalue weighted by Crippen LogP contribution is 2.45. The largest absolute Gasteiger partial charge is 0.360 e. The van der Waals surface area contributed by atoms with Gasteiger partial charge in [-0.25, -0.2) is 0 Å². The number of hydrogen-bond donors (Lipinski definition) is 0. The highest BCUT2D eigenvalue weighted by atomic mass is 16.5. The van der Waals surface area contributed by atoms with Gasteiger partial charge in [0.15, 0.2) is 17.3 Å². The Morgan fingerprint density at radius 2 is 2.10 bits per heavy atom. The Bertz CT molecular complexity index is 570. The van der Waals surface area contributed by atoms with Gasteiger partial charge in [-0.1, -0.05) is 25.9 Å². The molecule has 1 aliphatic carbocycles. The van der Waals surface area contributed by atoms with Crippen LogP contribution in [0.15, 0.2) is 10.6 Å². The molecule has 5 heteroatoms. The first-order chi connectivity index (χ1) is 9.27. The van der Waals surface area contributed by atoms with Crippen molar-refractivity contribution in [3.8, 4) is 0 Å². The predicted octanol–water partition coefficient (Wildman–Crippen LogP) is 2.23. The third-order valence-electron chi connectivity index (χ3n) is 3.90. The van der Waals surface area contributed by atoms with Crippen LogP contribution in [0.4, 0.5) is 0 Å². The van der Waals surface area contributed by atoms with Crippen molar-refractivity contribution in [3.63, 3.8) is 0 Å². The quantitative estimate of drug-likeness (QED) is 0.792. The lowest BCUT2D eigenvalue weighted by Gasteiger charge is -2.37. The van der Waals surface area contributed by atoms with Crippen LogP contribution < -0.4 is 0 Å². The summed E-state index contributed by atoms with van der Waals surface area (Å²) >= 11 is 0. The summed E-state index contributed by atoms with van der Waals surface area (Å²) in [5.41, 5.74) is 0.115. The number of Topliss-reactive ketones (excluding diaryl/α,β-unsaturated/α-hetero) is 3. The first-order valence-electron chi connectivity index (χ1n) is 6.80. The average molecular weight is 277 g/mol. The Labute approximate surface area is 117 Å². The van der Waals surface area contributed by atoms with Crippen molar-refractivity contribution in [2.45, 2.75) is 46.5 Å². The zero-order chi connectivity index (χ0) is 15.1. The molecule has 2 atom stereocenters. The van der Waals surface area contributed by atoms with Crippen LogP contribution in [0.5, 0.6) is 0 Å². The normalized spacial score (nSPS) is 25.8. The van der Waals surface area contributed by atoms with Crippen LogP contribution in [-0.2, 0) is 14.4 Å². The molecule has 1 saturated carbocycles. The second-order valence-electron chi connectivity index (χ2n) is 6.09. The van der Waals surface area contributed by atoms with Crippen molar-refractivity contribution in [3.05, 3.63) is 17.5 Å². The first-order valence-corrected chi connectivity index (χ1v) is 6.80. The summed E-state index contributed by atoms with van der Waals surface area (Å²) < 4.78 is 5.21. The number of rotatable bonds is 3. The van der Waals surface area contributed by atoms with Crippen LogP contribution in [0.3, 0.4) is 0 Å². The van der Waals surface area contributed by atoms with E-state index in [9.17, 15) is 14.4 Å². The van der Waals surface area contributed by atoms with Crippen molar-refractivity contribution in [1.29, 1.82) is 0 Å². The van der Waals surface area contributed by atoms with Crippen molar-refractivity contribution >= 4 is 17.3 Å². The monoisotopic (exact) mass is 277 g/mol. The van der Waals surface area contributed by atoms with Gasteiger partial charge in [0.1, 0.15) is 11.7 Å². The maximum atomic E-state index is 12.6. The molecule has 0 spiro atoms. The van der Waals surface area contributed by atoms with Gasteiger partial charge in [-0.2, -0.15) is 0 Å². The zero-order valence-electron chi connectivity index (χ0n) is 12.2. The molecule has 0 radical (unpaired) electrons. The van der Waals surface area contributed by atoms with Gasteiger partial charge >= 0.3 is 0 Å². The fourth-order valence-corrected chi connectivity index (χ4v) is 2.95.